The van der Waals surface area contributed by atoms with Crippen LogP contribution in [-0.4, -0.2) is 30.7 Å². The molecule has 0 saturated carbocycles. The second-order valence-electron chi connectivity index (χ2n) is 4.19. The van der Waals surface area contributed by atoms with Gasteiger partial charge in [0.2, 0.25) is 5.91 Å². The summed E-state index contributed by atoms with van der Waals surface area (Å²) in [5.41, 5.74) is 5.00. The first kappa shape index (κ1) is 16.3. The van der Waals surface area contributed by atoms with E-state index in [0.29, 0.717) is 19.4 Å². The second-order valence-corrected chi connectivity index (χ2v) is 4.63. The SMILES string of the molecule is CCC(COC)NC(=O)C(CC)(CC)C(N)=S. The molecule has 0 aliphatic carbocycles. The molecule has 1 atom stereocenters. The van der Waals surface area contributed by atoms with Crippen LogP contribution in [0.4, 0.5) is 0 Å². The van der Waals surface area contributed by atoms with Gasteiger partial charge in [-0.1, -0.05) is 33.0 Å². The highest BCUT2D eigenvalue weighted by molar-refractivity contribution is 7.80. The first-order valence-electron chi connectivity index (χ1n) is 6.08. The number of hydrogen-bond acceptors (Lipinski definition) is 3. The Morgan fingerprint density at radius 3 is 2.24 bits per heavy atom. The van der Waals surface area contributed by atoms with Crippen LogP contribution in [0.3, 0.4) is 0 Å². The van der Waals surface area contributed by atoms with E-state index in [4.69, 9.17) is 22.7 Å². The normalized spacial score (nSPS) is 13.2. The Balaban J connectivity index is 4.79. The monoisotopic (exact) mass is 260 g/mol. The predicted octanol–water partition coefficient (Wildman–Crippen LogP) is 1.62. The van der Waals surface area contributed by atoms with E-state index in [0.717, 1.165) is 6.42 Å². The van der Waals surface area contributed by atoms with Crippen molar-refractivity contribution in [3.8, 4) is 0 Å². The van der Waals surface area contributed by atoms with E-state index >= 15 is 0 Å². The molecule has 0 radical (unpaired) electrons. The van der Waals surface area contributed by atoms with E-state index in [1.54, 1.807) is 7.11 Å². The molecule has 0 aliphatic heterocycles. The van der Waals surface area contributed by atoms with Crippen molar-refractivity contribution in [1.82, 2.24) is 5.32 Å². The summed E-state index contributed by atoms with van der Waals surface area (Å²) in [5.74, 6) is -0.0844. The number of methoxy groups -OCH3 is 1. The van der Waals surface area contributed by atoms with Crippen LogP contribution in [0.25, 0.3) is 0 Å². The summed E-state index contributed by atoms with van der Waals surface area (Å²) in [5, 5.41) is 2.96. The zero-order chi connectivity index (χ0) is 13.5. The maximum absolute atomic E-state index is 12.3. The lowest BCUT2D eigenvalue weighted by atomic mass is 9.81. The number of carbonyl (C=O) groups excluding carboxylic acids is 1. The standard InChI is InChI=1S/C12H24N2O2S/c1-5-9(8-16-4)14-11(15)12(6-2,7-3)10(13)17/h9H,5-8H2,1-4H3,(H2,13,17)(H,14,15). The molecule has 0 rings (SSSR count). The van der Waals surface area contributed by atoms with Crippen molar-refractivity contribution >= 4 is 23.1 Å². The number of rotatable bonds is 8. The van der Waals surface area contributed by atoms with Crippen LogP contribution < -0.4 is 11.1 Å². The molecule has 4 nitrogen and oxygen atoms in total. The molecule has 5 heteroatoms. The van der Waals surface area contributed by atoms with Gasteiger partial charge in [0.15, 0.2) is 0 Å². The molecule has 0 saturated heterocycles. The van der Waals surface area contributed by atoms with E-state index in [1.807, 2.05) is 20.8 Å². The smallest absolute Gasteiger partial charge is 0.233 e. The molecular weight excluding hydrogens is 236 g/mol. The van der Waals surface area contributed by atoms with Gasteiger partial charge in [-0.15, -0.1) is 0 Å². The third-order valence-corrected chi connectivity index (χ3v) is 3.70. The van der Waals surface area contributed by atoms with Crippen LogP contribution in [0.15, 0.2) is 0 Å². The molecule has 0 aliphatic rings. The maximum Gasteiger partial charge on any atom is 0.233 e. The number of hydrogen-bond donors (Lipinski definition) is 2. The van der Waals surface area contributed by atoms with Crippen molar-refractivity contribution in [1.29, 1.82) is 0 Å². The topological polar surface area (TPSA) is 64.3 Å². The molecule has 1 unspecified atom stereocenters. The van der Waals surface area contributed by atoms with Crippen LogP contribution in [0.2, 0.25) is 0 Å². The predicted molar refractivity (Wildman–Crippen MR) is 73.9 cm³/mol. The van der Waals surface area contributed by atoms with Gasteiger partial charge in [-0.3, -0.25) is 4.79 Å². The fourth-order valence-electron chi connectivity index (χ4n) is 1.82. The molecule has 3 N–H and O–H groups in total. The van der Waals surface area contributed by atoms with Crippen LogP contribution in [0.5, 0.6) is 0 Å². The van der Waals surface area contributed by atoms with Gasteiger partial charge in [0.25, 0.3) is 0 Å². The zero-order valence-corrected chi connectivity index (χ0v) is 12.0. The number of nitrogens with two attached hydrogens (primary N) is 1. The number of thiocarbonyl (C=S) groups is 1. The molecule has 0 aromatic rings. The van der Waals surface area contributed by atoms with Crippen molar-refractivity contribution in [2.75, 3.05) is 13.7 Å². The molecule has 0 aromatic carbocycles. The summed E-state index contributed by atoms with van der Waals surface area (Å²) in [6.07, 6.45) is 2.06. The third-order valence-electron chi connectivity index (χ3n) is 3.31. The van der Waals surface area contributed by atoms with Gasteiger partial charge in [0.05, 0.1) is 23.1 Å². The van der Waals surface area contributed by atoms with E-state index in [2.05, 4.69) is 5.32 Å². The van der Waals surface area contributed by atoms with E-state index in [-0.39, 0.29) is 16.9 Å². The van der Waals surface area contributed by atoms with Gasteiger partial charge in [0.1, 0.15) is 0 Å². The highest BCUT2D eigenvalue weighted by atomic mass is 32.1. The highest BCUT2D eigenvalue weighted by Gasteiger charge is 2.38. The Morgan fingerprint density at radius 2 is 1.94 bits per heavy atom. The molecule has 1 amide bonds. The van der Waals surface area contributed by atoms with Gasteiger partial charge in [-0.25, -0.2) is 0 Å². The minimum Gasteiger partial charge on any atom is -0.392 e. The minimum atomic E-state index is -0.726. The zero-order valence-electron chi connectivity index (χ0n) is 11.2. The Labute approximate surface area is 109 Å². The van der Waals surface area contributed by atoms with E-state index in [1.165, 1.54) is 0 Å². The first-order chi connectivity index (χ1) is 7.98. The van der Waals surface area contributed by atoms with Crippen molar-refractivity contribution in [3.05, 3.63) is 0 Å². The van der Waals surface area contributed by atoms with E-state index in [9.17, 15) is 4.79 Å². The van der Waals surface area contributed by atoms with E-state index < -0.39 is 5.41 Å². The molecule has 0 aromatic heterocycles. The largest absolute Gasteiger partial charge is 0.392 e. The van der Waals surface area contributed by atoms with Gasteiger partial charge < -0.3 is 15.8 Å². The molecule has 0 spiro atoms. The third kappa shape index (κ3) is 3.92. The average Bonchev–Trinajstić information content (AvgIpc) is 2.30. The fourth-order valence-corrected chi connectivity index (χ4v) is 2.20. The number of nitrogens with one attached hydrogen (secondary N) is 1. The summed E-state index contributed by atoms with van der Waals surface area (Å²) >= 11 is 5.04. The Hall–Kier alpha value is -0.680. The maximum atomic E-state index is 12.3. The van der Waals surface area contributed by atoms with Crippen molar-refractivity contribution < 1.29 is 9.53 Å². The van der Waals surface area contributed by atoms with Crippen LogP contribution in [0.1, 0.15) is 40.0 Å². The lowest BCUT2D eigenvalue weighted by molar-refractivity contribution is -0.129. The summed E-state index contributed by atoms with van der Waals surface area (Å²) in [6, 6.07) is 0.0133. The Kier molecular flexibility index (Phi) is 7.30. The van der Waals surface area contributed by atoms with Crippen molar-refractivity contribution in [2.45, 2.75) is 46.1 Å². The summed E-state index contributed by atoms with van der Waals surface area (Å²) < 4.78 is 5.06. The molecule has 0 fully saturated rings. The number of amides is 1. The first-order valence-corrected chi connectivity index (χ1v) is 6.49. The minimum absolute atomic E-state index is 0.0133. The summed E-state index contributed by atoms with van der Waals surface area (Å²) in [4.78, 5) is 12.5. The Bertz CT molecular complexity index is 265. The highest BCUT2D eigenvalue weighted by Crippen LogP contribution is 2.27. The summed E-state index contributed by atoms with van der Waals surface area (Å²) in [7, 11) is 1.62. The molecular formula is C12H24N2O2S. The molecule has 0 heterocycles. The molecule has 100 valence electrons. The molecule has 0 bridgehead atoms. The molecule has 17 heavy (non-hydrogen) atoms. The van der Waals surface area contributed by atoms with Crippen LogP contribution in [0, 0.1) is 5.41 Å². The van der Waals surface area contributed by atoms with Gasteiger partial charge in [0, 0.05) is 7.11 Å². The second kappa shape index (κ2) is 7.61. The summed E-state index contributed by atoms with van der Waals surface area (Å²) in [6.45, 7) is 6.37. The number of ether oxygens (including phenoxy) is 1. The van der Waals surface area contributed by atoms with Gasteiger partial charge in [-0.05, 0) is 19.3 Å². The lowest BCUT2D eigenvalue weighted by Crippen LogP contribution is -2.51. The fraction of sp³-hybridized carbons (Fsp3) is 0.833. The lowest BCUT2D eigenvalue weighted by Gasteiger charge is -2.31. The van der Waals surface area contributed by atoms with Crippen LogP contribution >= 0.6 is 12.2 Å². The quantitative estimate of drug-likeness (QED) is 0.651. The Morgan fingerprint density at radius 1 is 1.41 bits per heavy atom. The van der Waals surface area contributed by atoms with Crippen molar-refractivity contribution in [3.63, 3.8) is 0 Å². The number of carbonyl (C=O) groups is 1. The average molecular weight is 260 g/mol. The van der Waals surface area contributed by atoms with Crippen molar-refractivity contribution in [2.24, 2.45) is 11.1 Å². The van der Waals surface area contributed by atoms with Crippen LogP contribution in [-0.2, 0) is 9.53 Å². The van der Waals surface area contributed by atoms with Gasteiger partial charge >= 0.3 is 0 Å². The van der Waals surface area contributed by atoms with Gasteiger partial charge in [-0.2, -0.15) is 0 Å².